The minimum Gasteiger partial charge on any atom is -0.367 e. The summed E-state index contributed by atoms with van der Waals surface area (Å²) in [6.45, 7) is 7.00. The molecule has 2 aliphatic rings. The Balaban J connectivity index is 1.66. The predicted octanol–water partition coefficient (Wildman–Crippen LogP) is 1.32. The summed E-state index contributed by atoms with van der Waals surface area (Å²) in [6, 6.07) is 2.51. The van der Waals surface area contributed by atoms with E-state index >= 15 is 0 Å². The number of aromatic nitrogens is 3. The van der Waals surface area contributed by atoms with Gasteiger partial charge in [-0.1, -0.05) is 13.8 Å². The zero-order valence-corrected chi connectivity index (χ0v) is 15.4. The van der Waals surface area contributed by atoms with Gasteiger partial charge in [-0.2, -0.15) is 9.61 Å². The van der Waals surface area contributed by atoms with Gasteiger partial charge >= 0.3 is 0 Å². The smallest absolute Gasteiger partial charge is 0.222 e. The van der Waals surface area contributed by atoms with E-state index in [4.69, 9.17) is 4.98 Å². The van der Waals surface area contributed by atoms with Crippen LogP contribution in [0.3, 0.4) is 0 Å². The number of fused-ring (bicyclic) bond motifs is 1. The molecular formula is C18H27N7O. The van der Waals surface area contributed by atoms with Gasteiger partial charge in [-0.05, 0) is 31.8 Å². The third-order valence-corrected chi connectivity index (χ3v) is 5.14. The topological polar surface area (TPSA) is 95.4 Å². The Morgan fingerprint density at radius 3 is 2.73 bits per heavy atom. The maximum Gasteiger partial charge on any atom is 0.222 e. The highest BCUT2D eigenvalue weighted by Crippen LogP contribution is 2.25. The molecule has 2 fully saturated rings. The van der Waals surface area contributed by atoms with Gasteiger partial charge < -0.3 is 21.3 Å². The second-order valence-electron chi connectivity index (χ2n) is 7.53. The van der Waals surface area contributed by atoms with Gasteiger partial charge in [0.1, 0.15) is 11.6 Å². The van der Waals surface area contributed by atoms with Crippen LogP contribution < -0.4 is 21.3 Å². The molecule has 4 rings (SSSR count). The number of rotatable bonds is 5. The lowest BCUT2D eigenvalue weighted by Crippen LogP contribution is -2.35. The van der Waals surface area contributed by atoms with E-state index < -0.39 is 0 Å². The largest absolute Gasteiger partial charge is 0.367 e. The summed E-state index contributed by atoms with van der Waals surface area (Å²) < 4.78 is 1.90. The van der Waals surface area contributed by atoms with Crippen LogP contribution in [-0.4, -0.2) is 52.2 Å². The van der Waals surface area contributed by atoms with Crippen molar-refractivity contribution in [2.75, 3.05) is 30.3 Å². The summed E-state index contributed by atoms with van der Waals surface area (Å²) in [5.41, 5.74) is 2.00. The maximum atomic E-state index is 11.5. The summed E-state index contributed by atoms with van der Waals surface area (Å²) in [5.74, 6) is 2.17. The highest BCUT2D eigenvalue weighted by atomic mass is 16.1. The number of carbonyl (C=O) groups excluding carboxylic acids is 1. The molecule has 0 bridgehead atoms. The standard InChI is InChI=1S/C18H27N7O/c1-11(2)14-10-21-25-16(23-12-3-5-19-6-4-12)8-15(24-18(14)25)22-13-7-17(26)20-9-13/h8,10-13,19,23H,3-7,9H2,1-2H3,(H,20,26)(H,22,24)/t13-/m1/s1. The number of amides is 1. The van der Waals surface area contributed by atoms with Crippen molar-refractivity contribution in [2.45, 2.75) is 51.1 Å². The lowest BCUT2D eigenvalue weighted by atomic mass is 10.1. The molecule has 0 aromatic carbocycles. The lowest BCUT2D eigenvalue weighted by Gasteiger charge is -2.25. The predicted molar refractivity (Wildman–Crippen MR) is 102 cm³/mol. The van der Waals surface area contributed by atoms with Crippen LogP contribution in [-0.2, 0) is 4.79 Å². The molecule has 8 nitrogen and oxygen atoms in total. The van der Waals surface area contributed by atoms with Gasteiger partial charge in [-0.3, -0.25) is 4.79 Å². The third-order valence-electron chi connectivity index (χ3n) is 5.14. The van der Waals surface area contributed by atoms with Crippen molar-refractivity contribution in [3.63, 3.8) is 0 Å². The third kappa shape index (κ3) is 3.46. The van der Waals surface area contributed by atoms with E-state index in [1.807, 2.05) is 16.8 Å². The Morgan fingerprint density at radius 2 is 2.04 bits per heavy atom. The normalized spacial score (nSPS) is 21.3. The van der Waals surface area contributed by atoms with Crippen LogP contribution in [0.15, 0.2) is 12.3 Å². The second-order valence-corrected chi connectivity index (χ2v) is 7.53. The Labute approximate surface area is 153 Å². The molecule has 2 saturated heterocycles. The molecule has 4 heterocycles. The average molecular weight is 357 g/mol. The molecule has 1 amide bonds. The summed E-state index contributed by atoms with van der Waals surface area (Å²) in [7, 11) is 0. The van der Waals surface area contributed by atoms with Crippen LogP contribution >= 0.6 is 0 Å². The molecule has 2 aromatic rings. The molecule has 4 N–H and O–H groups in total. The number of hydrogen-bond acceptors (Lipinski definition) is 6. The van der Waals surface area contributed by atoms with E-state index in [-0.39, 0.29) is 11.9 Å². The molecule has 0 radical (unpaired) electrons. The molecule has 0 saturated carbocycles. The molecule has 0 unspecified atom stereocenters. The zero-order chi connectivity index (χ0) is 18.1. The van der Waals surface area contributed by atoms with Crippen LogP contribution in [0, 0.1) is 0 Å². The van der Waals surface area contributed by atoms with Crippen molar-refractivity contribution in [3.05, 3.63) is 17.8 Å². The molecule has 0 spiro atoms. The molecule has 26 heavy (non-hydrogen) atoms. The highest BCUT2D eigenvalue weighted by Gasteiger charge is 2.23. The van der Waals surface area contributed by atoms with Crippen molar-refractivity contribution < 1.29 is 4.79 Å². The summed E-state index contributed by atoms with van der Waals surface area (Å²) >= 11 is 0. The monoisotopic (exact) mass is 357 g/mol. The van der Waals surface area contributed by atoms with Gasteiger partial charge in [0.05, 0.1) is 12.2 Å². The molecule has 140 valence electrons. The Morgan fingerprint density at radius 1 is 1.23 bits per heavy atom. The molecule has 2 aliphatic heterocycles. The SMILES string of the molecule is CC(C)c1cnn2c(NC3CCNCC3)cc(N[C@H]3CNC(=O)C3)nc12. The van der Waals surface area contributed by atoms with Crippen LogP contribution in [0.5, 0.6) is 0 Å². The van der Waals surface area contributed by atoms with E-state index in [0.29, 0.717) is 24.9 Å². The van der Waals surface area contributed by atoms with Gasteiger partial charge in [0, 0.05) is 30.6 Å². The molecule has 0 aliphatic carbocycles. The van der Waals surface area contributed by atoms with Gasteiger partial charge in [0.2, 0.25) is 5.91 Å². The number of hydrogen-bond donors (Lipinski definition) is 4. The van der Waals surface area contributed by atoms with E-state index in [0.717, 1.165) is 48.8 Å². The zero-order valence-electron chi connectivity index (χ0n) is 15.4. The van der Waals surface area contributed by atoms with Crippen LogP contribution in [0.25, 0.3) is 5.65 Å². The number of piperidine rings is 1. The number of nitrogens with zero attached hydrogens (tertiary/aromatic N) is 3. The summed E-state index contributed by atoms with van der Waals surface area (Å²) in [6.07, 6.45) is 4.57. The van der Waals surface area contributed by atoms with E-state index in [9.17, 15) is 4.79 Å². The first-order chi connectivity index (χ1) is 12.6. The lowest BCUT2D eigenvalue weighted by molar-refractivity contribution is -0.119. The minimum atomic E-state index is 0.0783. The second kappa shape index (κ2) is 7.11. The van der Waals surface area contributed by atoms with E-state index in [1.54, 1.807) is 0 Å². The van der Waals surface area contributed by atoms with Crippen molar-refractivity contribution in [1.82, 2.24) is 25.2 Å². The number of nitrogens with one attached hydrogen (secondary N) is 4. The Hall–Kier alpha value is -2.35. The first-order valence-electron chi connectivity index (χ1n) is 9.49. The number of anilines is 2. The van der Waals surface area contributed by atoms with Gasteiger partial charge in [0.25, 0.3) is 0 Å². The van der Waals surface area contributed by atoms with Crippen molar-refractivity contribution in [1.29, 1.82) is 0 Å². The fraction of sp³-hybridized carbons (Fsp3) is 0.611. The van der Waals surface area contributed by atoms with Gasteiger partial charge in [-0.25, -0.2) is 4.98 Å². The summed E-state index contributed by atoms with van der Waals surface area (Å²) in [5, 5.41) is 17.9. The van der Waals surface area contributed by atoms with Crippen molar-refractivity contribution in [3.8, 4) is 0 Å². The van der Waals surface area contributed by atoms with E-state index in [1.165, 1.54) is 0 Å². The molecular weight excluding hydrogens is 330 g/mol. The fourth-order valence-corrected chi connectivity index (χ4v) is 3.66. The van der Waals surface area contributed by atoms with Gasteiger partial charge in [0.15, 0.2) is 5.65 Å². The fourth-order valence-electron chi connectivity index (χ4n) is 3.66. The van der Waals surface area contributed by atoms with Crippen LogP contribution in [0.1, 0.15) is 44.6 Å². The van der Waals surface area contributed by atoms with Crippen LogP contribution in [0.4, 0.5) is 11.6 Å². The quantitative estimate of drug-likeness (QED) is 0.645. The van der Waals surface area contributed by atoms with Crippen molar-refractivity contribution in [2.24, 2.45) is 0 Å². The van der Waals surface area contributed by atoms with Crippen molar-refractivity contribution >= 4 is 23.2 Å². The molecule has 1 atom stereocenters. The maximum absolute atomic E-state index is 11.5. The summed E-state index contributed by atoms with van der Waals surface area (Å²) in [4.78, 5) is 16.3. The first-order valence-corrected chi connectivity index (χ1v) is 9.49. The average Bonchev–Trinajstić information content (AvgIpc) is 3.22. The number of carbonyl (C=O) groups is 1. The minimum absolute atomic E-state index is 0.0783. The van der Waals surface area contributed by atoms with Gasteiger partial charge in [-0.15, -0.1) is 0 Å². The van der Waals surface area contributed by atoms with E-state index in [2.05, 4.69) is 40.2 Å². The Bertz CT molecular complexity index is 794. The van der Waals surface area contributed by atoms with Crippen LogP contribution in [0.2, 0.25) is 0 Å². The molecule has 8 heteroatoms. The first kappa shape index (κ1) is 17.1. The Kier molecular flexibility index (Phi) is 4.67. The molecule has 2 aromatic heterocycles. The highest BCUT2D eigenvalue weighted by molar-refractivity contribution is 5.79.